The van der Waals surface area contributed by atoms with Crippen LogP contribution in [0.25, 0.3) is 0 Å². The molecule has 1 aromatic carbocycles. The van der Waals surface area contributed by atoms with Gasteiger partial charge in [0.25, 0.3) is 5.91 Å². The molecule has 17 heavy (non-hydrogen) atoms. The molecule has 0 spiro atoms. The van der Waals surface area contributed by atoms with E-state index in [0.717, 1.165) is 0 Å². The van der Waals surface area contributed by atoms with Crippen molar-refractivity contribution in [3.05, 3.63) is 28.2 Å². The fraction of sp³-hybridized carbons (Fsp3) is 0.300. The Morgan fingerprint density at radius 3 is 2.71 bits per heavy atom. The van der Waals surface area contributed by atoms with Gasteiger partial charge in [-0.05, 0) is 18.2 Å². The maximum atomic E-state index is 11.2. The molecule has 4 nitrogen and oxygen atoms in total. The molecule has 0 bridgehead atoms. The number of carbonyl (C=O) groups is 1. The number of halogens is 3. The van der Waals surface area contributed by atoms with Gasteiger partial charge in [-0.15, -0.1) is 12.4 Å². The molecule has 0 saturated carbocycles. The summed E-state index contributed by atoms with van der Waals surface area (Å²) in [4.78, 5) is 11.2. The quantitative estimate of drug-likeness (QED) is 0.872. The molecule has 1 aromatic rings. The zero-order valence-electron chi connectivity index (χ0n) is 8.91. The average molecular weight is 300 g/mol. The number of ether oxygens (including phenoxy) is 1. The first kappa shape index (κ1) is 16.3. The largest absolute Gasteiger partial charge is 0.482 e. The van der Waals surface area contributed by atoms with Crippen molar-refractivity contribution in [1.29, 1.82) is 0 Å². The number of nitrogens with two attached hydrogens (primary N) is 1. The van der Waals surface area contributed by atoms with Crippen molar-refractivity contribution in [2.45, 2.75) is 0 Å². The lowest BCUT2D eigenvalue weighted by Gasteiger charge is -2.08. The van der Waals surface area contributed by atoms with E-state index in [0.29, 0.717) is 28.9 Å². The van der Waals surface area contributed by atoms with Crippen LogP contribution < -0.4 is 15.8 Å². The van der Waals surface area contributed by atoms with Crippen molar-refractivity contribution in [2.75, 3.05) is 19.7 Å². The highest BCUT2D eigenvalue weighted by atomic mass is 35.5. The molecule has 0 heterocycles. The predicted octanol–water partition coefficient (Wildman–Crippen LogP) is 1.87. The molecule has 0 aromatic heterocycles. The van der Waals surface area contributed by atoms with Crippen LogP contribution in [0, 0.1) is 0 Å². The van der Waals surface area contributed by atoms with Crippen LogP contribution in [-0.2, 0) is 4.79 Å². The zero-order valence-corrected chi connectivity index (χ0v) is 11.2. The second-order valence-electron chi connectivity index (χ2n) is 3.00. The summed E-state index contributed by atoms with van der Waals surface area (Å²) in [5.74, 6) is 0.186. The minimum Gasteiger partial charge on any atom is -0.482 e. The summed E-state index contributed by atoms with van der Waals surface area (Å²) in [5.41, 5.74) is 5.23. The Morgan fingerprint density at radius 2 is 2.12 bits per heavy atom. The maximum Gasteiger partial charge on any atom is 0.257 e. The van der Waals surface area contributed by atoms with Gasteiger partial charge in [-0.2, -0.15) is 0 Å². The molecule has 0 aliphatic carbocycles. The van der Waals surface area contributed by atoms with E-state index >= 15 is 0 Å². The number of hydrogen-bond donors (Lipinski definition) is 2. The van der Waals surface area contributed by atoms with Crippen LogP contribution >= 0.6 is 35.6 Å². The van der Waals surface area contributed by atoms with E-state index in [9.17, 15) is 4.79 Å². The molecule has 1 rings (SSSR count). The molecule has 0 saturated heterocycles. The Bertz CT molecular complexity index is 375. The van der Waals surface area contributed by atoms with Crippen molar-refractivity contribution in [3.8, 4) is 5.75 Å². The summed E-state index contributed by atoms with van der Waals surface area (Å²) < 4.78 is 5.21. The van der Waals surface area contributed by atoms with Crippen LogP contribution in [-0.4, -0.2) is 25.6 Å². The predicted molar refractivity (Wildman–Crippen MR) is 71.3 cm³/mol. The van der Waals surface area contributed by atoms with Gasteiger partial charge in [0.05, 0.1) is 5.02 Å². The van der Waals surface area contributed by atoms with Gasteiger partial charge in [-0.25, -0.2) is 0 Å². The van der Waals surface area contributed by atoms with Crippen molar-refractivity contribution >= 4 is 41.5 Å². The van der Waals surface area contributed by atoms with Crippen LogP contribution in [0.15, 0.2) is 18.2 Å². The lowest BCUT2D eigenvalue weighted by Crippen LogP contribution is -2.32. The Labute approximate surface area is 116 Å². The van der Waals surface area contributed by atoms with Crippen molar-refractivity contribution in [2.24, 2.45) is 5.73 Å². The van der Waals surface area contributed by atoms with Crippen molar-refractivity contribution in [1.82, 2.24) is 5.32 Å². The number of rotatable bonds is 5. The normalized spacial score (nSPS) is 9.35. The third kappa shape index (κ3) is 5.98. The number of amides is 1. The van der Waals surface area contributed by atoms with Crippen LogP contribution in [0.3, 0.4) is 0 Å². The lowest BCUT2D eigenvalue weighted by atomic mass is 10.3. The smallest absolute Gasteiger partial charge is 0.257 e. The van der Waals surface area contributed by atoms with Crippen molar-refractivity contribution in [3.63, 3.8) is 0 Å². The molecule has 96 valence electrons. The first-order valence-electron chi connectivity index (χ1n) is 4.68. The van der Waals surface area contributed by atoms with Crippen LogP contribution in [0.5, 0.6) is 5.75 Å². The SMILES string of the molecule is Cl.NCCNC(=O)COc1ccc(Cl)cc1Cl. The van der Waals surface area contributed by atoms with Crippen LogP contribution in [0.4, 0.5) is 0 Å². The molecule has 7 heteroatoms. The summed E-state index contributed by atoms with van der Waals surface area (Å²) in [6.07, 6.45) is 0. The number of nitrogens with one attached hydrogen (secondary N) is 1. The topological polar surface area (TPSA) is 64.3 Å². The molecule has 0 aliphatic rings. The second kappa shape index (κ2) is 8.42. The molecule has 0 fully saturated rings. The third-order valence-electron chi connectivity index (χ3n) is 1.72. The summed E-state index contributed by atoms with van der Waals surface area (Å²) >= 11 is 11.6. The summed E-state index contributed by atoms with van der Waals surface area (Å²) in [7, 11) is 0. The van der Waals surface area contributed by atoms with Gasteiger partial charge in [-0.1, -0.05) is 23.2 Å². The van der Waals surface area contributed by atoms with E-state index in [1.807, 2.05) is 0 Å². The van der Waals surface area contributed by atoms with Crippen LogP contribution in [0.1, 0.15) is 0 Å². The van der Waals surface area contributed by atoms with Gasteiger partial charge in [0, 0.05) is 18.1 Å². The highest BCUT2D eigenvalue weighted by Crippen LogP contribution is 2.27. The molecule has 3 N–H and O–H groups in total. The van der Waals surface area contributed by atoms with Gasteiger partial charge in [0.2, 0.25) is 0 Å². The first-order valence-corrected chi connectivity index (χ1v) is 5.43. The minimum atomic E-state index is -0.239. The van der Waals surface area contributed by atoms with E-state index in [1.54, 1.807) is 18.2 Å². The zero-order chi connectivity index (χ0) is 12.0. The number of hydrogen-bond acceptors (Lipinski definition) is 3. The third-order valence-corrected chi connectivity index (χ3v) is 2.25. The Morgan fingerprint density at radius 1 is 1.41 bits per heavy atom. The average Bonchev–Trinajstić information content (AvgIpc) is 2.25. The fourth-order valence-corrected chi connectivity index (χ4v) is 1.46. The monoisotopic (exact) mass is 298 g/mol. The molecule has 0 radical (unpaired) electrons. The van der Waals surface area contributed by atoms with Gasteiger partial charge >= 0.3 is 0 Å². The molecular weight excluding hydrogens is 286 g/mol. The highest BCUT2D eigenvalue weighted by molar-refractivity contribution is 6.35. The second-order valence-corrected chi connectivity index (χ2v) is 3.85. The highest BCUT2D eigenvalue weighted by Gasteiger charge is 2.05. The molecular formula is C10H13Cl3N2O2. The van der Waals surface area contributed by atoms with E-state index in [2.05, 4.69) is 5.32 Å². The fourth-order valence-electron chi connectivity index (χ4n) is 0.998. The van der Waals surface area contributed by atoms with E-state index in [1.165, 1.54) is 0 Å². The summed E-state index contributed by atoms with van der Waals surface area (Å²) in [6, 6.07) is 4.80. The standard InChI is InChI=1S/C10H12Cl2N2O2.ClH/c11-7-1-2-9(8(12)5-7)16-6-10(15)14-4-3-13;/h1-2,5H,3-4,6,13H2,(H,14,15);1H. The Hall–Kier alpha value is -0.680. The Kier molecular flexibility index (Phi) is 8.08. The minimum absolute atomic E-state index is 0. The van der Waals surface area contributed by atoms with Crippen LogP contribution in [0.2, 0.25) is 10.0 Å². The lowest BCUT2D eigenvalue weighted by molar-refractivity contribution is -0.123. The number of benzene rings is 1. The van der Waals surface area contributed by atoms with Gasteiger partial charge in [0.1, 0.15) is 5.75 Å². The summed E-state index contributed by atoms with van der Waals surface area (Å²) in [5, 5.41) is 3.47. The van der Waals surface area contributed by atoms with Gasteiger partial charge < -0.3 is 15.8 Å². The van der Waals surface area contributed by atoms with Crippen molar-refractivity contribution < 1.29 is 9.53 Å². The Balaban J connectivity index is 0.00000256. The number of carbonyl (C=O) groups excluding carboxylic acids is 1. The maximum absolute atomic E-state index is 11.2. The van der Waals surface area contributed by atoms with E-state index in [4.69, 9.17) is 33.7 Å². The van der Waals surface area contributed by atoms with E-state index in [-0.39, 0.29) is 24.9 Å². The molecule has 0 unspecified atom stereocenters. The van der Waals surface area contributed by atoms with E-state index < -0.39 is 0 Å². The molecule has 1 amide bonds. The first-order chi connectivity index (χ1) is 7.63. The molecule has 0 aliphatic heterocycles. The van der Waals surface area contributed by atoms with Gasteiger partial charge in [0.15, 0.2) is 6.61 Å². The van der Waals surface area contributed by atoms with Gasteiger partial charge in [-0.3, -0.25) is 4.79 Å². The molecule has 0 atom stereocenters. The summed E-state index contributed by atoms with van der Waals surface area (Å²) in [6.45, 7) is 0.728.